The summed E-state index contributed by atoms with van der Waals surface area (Å²) < 4.78 is 7.75. The standard InChI is InChI=1S/C26H22N4O3.Na.H/c1-3-33-26-29-23-11-8-16(2)27-24(23)30(26)15-17-9-12-21-18(14-17)10-13-22(28-21)19-6-4-5-7-20(19)25(31)32;;/h4-14H,3,15H2,1-2H3,(H,31,32);;/q;+1;-1. The maximum Gasteiger partial charge on any atom is 1.00 e. The SMILES string of the molecule is CCOc1nc2ccc(C)nc2n1Cc1ccc2nc(-c3ccccc3C(=O)O)ccc2c1.[H-].[Na+]. The zero-order valence-corrected chi connectivity index (χ0v) is 21.3. The molecule has 0 atom stereocenters. The summed E-state index contributed by atoms with van der Waals surface area (Å²) in [5.74, 6) is -0.968. The van der Waals surface area contributed by atoms with E-state index in [4.69, 9.17) is 9.72 Å². The third-order valence-electron chi connectivity index (χ3n) is 5.50. The van der Waals surface area contributed by atoms with Gasteiger partial charge in [0.1, 0.15) is 5.52 Å². The fraction of sp³-hybridized carbons (Fsp3) is 0.154. The van der Waals surface area contributed by atoms with Crippen LogP contribution in [0, 0.1) is 6.92 Å². The van der Waals surface area contributed by atoms with Crippen molar-refractivity contribution in [2.75, 3.05) is 6.61 Å². The Kier molecular flexibility index (Phi) is 6.97. The number of carbonyl (C=O) groups is 1. The number of aromatic nitrogens is 4. The van der Waals surface area contributed by atoms with E-state index in [-0.39, 0.29) is 36.5 Å². The Morgan fingerprint density at radius 2 is 1.79 bits per heavy atom. The van der Waals surface area contributed by atoms with Gasteiger partial charge in [0.2, 0.25) is 0 Å². The Morgan fingerprint density at radius 3 is 2.59 bits per heavy atom. The topological polar surface area (TPSA) is 90.1 Å². The van der Waals surface area contributed by atoms with Crippen LogP contribution in [0.4, 0.5) is 0 Å². The molecule has 8 heteroatoms. The second kappa shape index (κ2) is 9.93. The summed E-state index contributed by atoms with van der Waals surface area (Å²) in [6.45, 7) is 4.97. The number of carboxylic acid groups (broad SMARTS) is 1. The van der Waals surface area contributed by atoms with E-state index in [1.165, 1.54) is 0 Å². The van der Waals surface area contributed by atoms with Crippen LogP contribution in [0.15, 0.2) is 66.7 Å². The molecule has 0 aliphatic heterocycles. The van der Waals surface area contributed by atoms with Gasteiger partial charge >= 0.3 is 35.5 Å². The van der Waals surface area contributed by atoms with Crippen LogP contribution >= 0.6 is 0 Å². The molecular formula is C26H23N4NaO3. The average molecular weight is 462 g/mol. The number of rotatable bonds is 6. The van der Waals surface area contributed by atoms with Gasteiger partial charge in [0, 0.05) is 16.6 Å². The number of hydrogen-bond donors (Lipinski definition) is 1. The van der Waals surface area contributed by atoms with Crippen molar-refractivity contribution in [3.63, 3.8) is 0 Å². The summed E-state index contributed by atoms with van der Waals surface area (Å²) in [4.78, 5) is 25.6. The molecular weight excluding hydrogens is 439 g/mol. The third kappa shape index (κ3) is 4.55. The Balaban J connectivity index is 0.00000171. The second-order valence-electron chi connectivity index (χ2n) is 7.78. The zero-order chi connectivity index (χ0) is 22.9. The van der Waals surface area contributed by atoms with Crippen LogP contribution in [0.25, 0.3) is 33.3 Å². The number of imidazole rings is 1. The fourth-order valence-electron chi connectivity index (χ4n) is 3.96. The van der Waals surface area contributed by atoms with Gasteiger partial charge in [-0.25, -0.2) is 14.8 Å². The molecule has 5 aromatic rings. The van der Waals surface area contributed by atoms with Crippen molar-refractivity contribution < 1.29 is 45.6 Å². The molecule has 3 heterocycles. The van der Waals surface area contributed by atoms with Gasteiger partial charge in [0.15, 0.2) is 5.65 Å². The van der Waals surface area contributed by atoms with E-state index >= 15 is 0 Å². The molecule has 0 fully saturated rings. The predicted octanol–water partition coefficient (Wildman–Crippen LogP) is 2.22. The van der Waals surface area contributed by atoms with Crippen LogP contribution in [0.1, 0.15) is 30.0 Å². The Morgan fingerprint density at radius 1 is 1.00 bits per heavy atom. The largest absolute Gasteiger partial charge is 1.00 e. The maximum atomic E-state index is 11.6. The molecule has 166 valence electrons. The number of pyridine rings is 2. The Bertz CT molecular complexity index is 1520. The van der Waals surface area contributed by atoms with E-state index in [2.05, 4.69) is 16.0 Å². The van der Waals surface area contributed by atoms with Crippen molar-refractivity contribution >= 4 is 28.0 Å². The molecule has 0 aliphatic carbocycles. The second-order valence-corrected chi connectivity index (χ2v) is 7.78. The van der Waals surface area contributed by atoms with Crippen LogP contribution in [0.5, 0.6) is 6.01 Å². The van der Waals surface area contributed by atoms with E-state index < -0.39 is 5.97 Å². The average Bonchev–Trinajstić information content (AvgIpc) is 3.15. The van der Waals surface area contributed by atoms with Crippen molar-refractivity contribution in [2.45, 2.75) is 20.4 Å². The molecule has 7 nitrogen and oxygen atoms in total. The number of hydrogen-bond acceptors (Lipinski definition) is 5. The minimum Gasteiger partial charge on any atom is -1.00 e. The molecule has 3 aromatic heterocycles. The van der Waals surface area contributed by atoms with Gasteiger partial charge in [-0.3, -0.25) is 4.57 Å². The minimum absolute atomic E-state index is 0. The van der Waals surface area contributed by atoms with Crippen LogP contribution in [0.3, 0.4) is 0 Å². The summed E-state index contributed by atoms with van der Waals surface area (Å²) in [5.41, 5.74) is 5.83. The van der Waals surface area contributed by atoms with Gasteiger partial charge in [0.05, 0.1) is 29.9 Å². The van der Waals surface area contributed by atoms with Gasteiger partial charge in [-0.05, 0) is 55.8 Å². The molecule has 0 radical (unpaired) electrons. The summed E-state index contributed by atoms with van der Waals surface area (Å²) in [7, 11) is 0. The van der Waals surface area contributed by atoms with Crippen molar-refractivity contribution in [3.8, 4) is 17.3 Å². The first kappa shape index (κ1) is 23.9. The molecule has 0 spiro atoms. The van der Waals surface area contributed by atoms with Gasteiger partial charge in [0.25, 0.3) is 6.01 Å². The first-order valence-corrected chi connectivity index (χ1v) is 10.7. The van der Waals surface area contributed by atoms with Gasteiger partial charge in [-0.2, -0.15) is 4.98 Å². The number of fused-ring (bicyclic) bond motifs is 2. The molecule has 0 aliphatic rings. The number of benzene rings is 2. The van der Waals surface area contributed by atoms with Crippen LogP contribution in [-0.2, 0) is 6.54 Å². The van der Waals surface area contributed by atoms with E-state index in [1.54, 1.807) is 18.2 Å². The van der Waals surface area contributed by atoms with Crippen LogP contribution in [0.2, 0.25) is 0 Å². The van der Waals surface area contributed by atoms with Crippen molar-refractivity contribution in [3.05, 3.63) is 83.6 Å². The maximum absolute atomic E-state index is 11.6. The fourth-order valence-corrected chi connectivity index (χ4v) is 3.96. The van der Waals surface area contributed by atoms with Crippen LogP contribution in [-0.4, -0.2) is 37.2 Å². The molecule has 0 unspecified atom stereocenters. The number of aromatic carboxylic acids is 1. The predicted molar refractivity (Wildman–Crippen MR) is 128 cm³/mol. The van der Waals surface area contributed by atoms with Gasteiger partial charge < -0.3 is 11.3 Å². The summed E-state index contributed by atoms with van der Waals surface area (Å²) in [6, 6.07) is 21.2. The zero-order valence-electron chi connectivity index (χ0n) is 20.3. The first-order chi connectivity index (χ1) is 16.0. The molecule has 5 rings (SSSR count). The number of nitrogens with zero attached hydrogens (tertiary/aromatic N) is 4. The quantitative estimate of drug-likeness (QED) is 0.389. The summed E-state index contributed by atoms with van der Waals surface area (Å²) >= 11 is 0. The smallest absolute Gasteiger partial charge is 1.00 e. The number of aryl methyl sites for hydroxylation is 1. The van der Waals surface area contributed by atoms with E-state index in [0.29, 0.717) is 30.4 Å². The number of ether oxygens (including phenoxy) is 1. The van der Waals surface area contributed by atoms with Crippen molar-refractivity contribution in [1.29, 1.82) is 0 Å². The van der Waals surface area contributed by atoms with Crippen molar-refractivity contribution in [1.82, 2.24) is 19.5 Å². The molecule has 0 saturated heterocycles. The normalized spacial score (nSPS) is 10.9. The first-order valence-electron chi connectivity index (χ1n) is 10.7. The minimum atomic E-state index is -0.968. The van der Waals surface area contributed by atoms with Crippen molar-refractivity contribution in [2.24, 2.45) is 0 Å². The molecule has 1 N–H and O–H groups in total. The van der Waals surface area contributed by atoms with Crippen LogP contribution < -0.4 is 34.3 Å². The van der Waals surface area contributed by atoms with E-state index in [9.17, 15) is 9.90 Å². The number of carboxylic acids is 1. The Hall–Kier alpha value is -3.26. The van der Waals surface area contributed by atoms with E-state index in [1.807, 2.05) is 60.9 Å². The van der Waals surface area contributed by atoms with Gasteiger partial charge in [-0.15, -0.1) is 0 Å². The van der Waals surface area contributed by atoms with Gasteiger partial charge in [-0.1, -0.05) is 30.3 Å². The molecule has 0 bridgehead atoms. The monoisotopic (exact) mass is 462 g/mol. The molecule has 34 heavy (non-hydrogen) atoms. The van der Waals surface area contributed by atoms with E-state index in [0.717, 1.165) is 33.3 Å². The summed E-state index contributed by atoms with van der Waals surface area (Å²) in [5, 5.41) is 10.5. The molecule has 0 saturated carbocycles. The molecule has 2 aromatic carbocycles. The third-order valence-corrected chi connectivity index (χ3v) is 5.50. The Labute approximate surface area is 220 Å². The molecule has 0 amide bonds. The summed E-state index contributed by atoms with van der Waals surface area (Å²) in [6.07, 6.45) is 0.